The van der Waals surface area contributed by atoms with E-state index >= 15 is 0 Å². The quantitative estimate of drug-likeness (QED) is 0.529. The third kappa shape index (κ3) is 3.94. The summed E-state index contributed by atoms with van der Waals surface area (Å²) in [4.78, 5) is 29.0. The molecule has 5 rings (SSSR count). The highest BCUT2D eigenvalue weighted by molar-refractivity contribution is 7.89. The Morgan fingerprint density at radius 3 is 2.73 bits per heavy atom. The molecule has 0 N–H and O–H groups in total. The van der Waals surface area contributed by atoms with E-state index in [-0.39, 0.29) is 35.4 Å². The first kappa shape index (κ1) is 22.4. The number of carbonyl (C=O) groups is 1. The number of thiophene rings is 1. The third-order valence-electron chi connectivity index (χ3n) is 6.69. The number of carbonyl (C=O) groups excluding carboxylic acids is 1. The van der Waals surface area contributed by atoms with Gasteiger partial charge in [0, 0.05) is 43.5 Å². The Hall–Kier alpha value is -2.43. The van der Waals surface area contributed by atoms with Gasteiger partial charge in [0.1, 0.15) is 0 Å². The number of hydrogen-bond donors (Lipinski definition) is 0. The summed E-state index contributed by atoms with van der Waals surface area (Å²) in [5.41, 5.74) is 1.96. The van der Waals surface area contributed by atoms with Gasteiger partial charge >= 0.3 is 5.76 Å². The van der Waals surface area contributed by atoms with Gasteiger partial charge in [0.25, 0.3) is 0 Å². The molecular formula is C23H27N3O5S2. The minimum Gasteiger partial charge on any atom is -0.408 e. The van der Waals surface area contributed by atoms with Crippen molar-refractivity contribution in [2.45, 2.75) is 56.5 Å². The zero-order valence-corrected chi connectivity index (χ0v) is 20.2. The smallest absolute Gasteiger partial charge is 0.408 e. The van der Waals surface area contributed by atoms with Gasteiger partial charge in [-0.1, -0.05) is 6.92 Å². The van der Waals surface area contributed by atoms with Crippen LogP contribution in [0.25, 0.3) is 11.1 Å². The molecule has 2 aliphatic rings. The second-order valence-electron chi connectivity index (χ2n) is 8.57. The Bertz CT molecular complexity index is 1350. The fourth-order valence-electron chi connectivity index (χ4n) is 4.98. The van der Waals surface area contributed by atoms with Crippen molar-refractivity contribution in [3.05, 3.63) is 50.6 Å². The van der Waals surface area contributed by atoms with Gasteiger partial charge in [-0.3, -0.25) is 9.36 Å². The van der Waals surface area contributed by atoms with Crippen molar-refractivity contribution in [2.75, 3.05) is 19.6 Å². The van der Waals surface area contributed by atoms with E-state index in [9.17, 15) is 18.0 Å². The number of rotatable bonds is 6. The zero-order chi connectivity index (χ0) is 23.2. The molecule has 1 amide bonds. The van der Waals surface area contributed by atoms with Gasteiger partial charge in [-0.15, -0.1) is 11.3 Å². The van der Waals surface area contributed by atoms with Crippen LogP contribution < -0.4 is 5.76 Å². The number of oxazole rings is 1. The van der Waals surface area contributed by atoms with Crippen molar-refractivity contribution in [1.82, 2.24) is 13.8 Å². The topological polar surface area (TPSA) is 92.8 Å². The van der Waals surface area contributed by atoms with Gasteiger partial charge in [0.15, 0.2) is 5.58 Å². The lowest BCUT2D eigenvalue weighted by Gasteiger charge is -2.35. The van der Waals surface area contributed by atoms with Crippen LogP contribution in [0.15, 0.2) is 43.8 Å². The first-order chi connectivity index (χ1) is 15.9. The zero-order valence-electron chi connectivity index (χ0n) is 18.5. The fourth-order valence-corrected chi connectivity index (χ4v) is 7.44. The van der Waals surface area contributed by atoms with Crippen LogP contribution in [0.5, 0.6) is 0 Å². The summed E-state index contributed by atoms with van der Waals surface area (Å²) >= 11 is 1.74. The van der Waals surface area contributed by atoms with Crippen LogP contribution in [0.4, 0.5) is 0 Å². The SMILES string of the molecule is CCC1c2ccsc2CCN1C(=O)CCn1c(=O)oc2cc(S(=O)(=O)N3CCCC3)ccc21. The van der Waals surface area contributed by atoms with Crippen LogP contribution >= 0.6 is 11.3 Å². The van der Waals surface area contributed by atoms with Crippen molar-refractivity contribution in [3.63, 3.8) is 0 Å². The van der Waals surface area contributed by atoms with Crippen LogP contribution in [-0.2, 0) is 27.8 Å². The van der Waals surface area contributed by atoms with Gasteiger partial charge in [0.05, 0.1) is 16.5 Å². The average Bonchev–Trinajstić information content (AvgIpc) is 3.56. The van der Waals surface area contributed by atoms with Crippen molar-refractivity contribution in [1.29, 1.82) is 0 Å². The van der Waals surface area contributed by atoms with E-state index in [0.29, 0.717) is 25.2 Å². The number of amides is 1. The van der Waals surface area contributed by atoms with Gasteiger partial charge in [-0.2, -0.15) is 4.31 Å². The molecule has 0 saturated carbocycles. The normalized spacial score (nSPS) is 19.3. The van der Waals surface area contributed by atoms with Crippen LogP contribution in [0, 0.1) is 0 Å². The fraction of sp³-hybridized carbons (Fsp3) is 0.478. The monoisotopic (exact) mass is 489 g/mol. The molecule has 1 saturated heterocycles. The third-order valence-corrected chi connectivity index (χ3v) is 9.58. The standard InChI is InChI=1S/C23H27N3O5S2/c1-2-18-17-9-14-32-21(17)7-12-25(18)22(27)8-13-26-19-6-5-16(15-20(19)31-23(26)28)33(29,30)24-10-3-4-11-24/h5-6,9,14-15,18H,2-4,7-8,10-13H2,1H3. The Morgan fingerprint density at radius 2 is 1.97 bits per heavy atom. The largest absolute Gasteiger partial charge is 0.419 e. The molecule has 0 spiro atoms. The molecule has 2 aromatic heterocycles. The molecule has 8 nitrogen and oxygen atoms in total. The van der Waals surface area contributed by atoms with E-state index < -0.39 is 15.8 Å². The molecule has 1 atom stereocenters. The molecule has 176 valence electrons. The van der Waals surface area contributed by atoms with E-state index in [0.717, 1.165) is 25.7 Å². The molecule has 0 aliphatic carbocycles. The van der Waals surface area contributed by atoms with Crippen molar-refractivity contribution in [2.24, 2.45) is 0 Å². The first-order valence-corrected chi connectivity index (χ1v) is 13.7. The lowest BCUT2D eigenvalue weighted by molar-refractivity contribution is -0.134. The molecule has 1 fully saturated rings. The number of nitrogens with zero attached hydrogens (tertiary/aromatic N) is 3. The van der Waals surface area contributed by atoms with Crippen LogP contribution in [-0.4, -0.2) is 47.7 Å². The maximum Gasteiger partial charge on any atom is 0.419 e. The summed E-state index contributed by atoms with van der Waals surface area (Å²) in [5, 5.41) is 2.08. The van der Waals surface area contributed by atoms with E-state index in [1.165, 1.54) is 31.4 Å². The lowest BCUT2D eigenvalue weighted by Crippen LogP contribution is -2.39. The summed E-state index contributed by atoms with van der Waals surface area (Å²) in [7, 11) is -3.60. The molecule has 3 aromatic rings. The number of aryl methyl sites for hydroxylation is 1. The Morgan fingerprint density at radius 1 is 1.18 bits per heavy atom. The molecule has 0 radical (unpaired) electrons. The molecule has 2 aliphatic heterocycles. The Labute approximate surface area is 196 Å². The molecule has 4 heterocycles. The predicted octanol–water partition coefficient (Wildman–Crippen LogP) is 3.37. The van der Waals surface area contributed by atoms with Crippen molar-refractivity contribution < 1.29 is 17.6 Å². The maximum absolute atomic E-state index is 13.1. The number of aromatic nitrogens is 1. The molecule has 10 heteroatoms. The number of fused-ring (bicyclic) bond motifs is 2. The lowest BCUT2D eigenvalue weighted by atomic mass is 9.97. The van der Waals surface area contributed by atoms with Crippen molar-refractivity contribution in [3.8, 4) is 0 Å². The first-order valence-electron chi connectivity index (χ1n) is 11.4. The summed E-state index contributed by atoms with van der Waals surface area (Å²) in [6, 6.07) is 6.71. The van der Waals surface area contributed by atoms with Gasteiger partial charge in [-0.25, -0.2) is 13.2 Å². The Kier molecular flexibility index (Phi) is 5.92. The van der Waals surface area contributed by atoms with E-state index in [2.05, 4.69) is 18.4 Å². The number of sulfonamides is 1. The van der Waals surface area contributed by atoms with Crippen LogP contribution in [0.3, 0.4) is 0 Å². The second-order valence-corrected chi connectivity index (χ2v) is 11.5. The highest BCUT2D eigenvalue weighted by Gasteiger charge is 2.31. The average molecular weight is 490 g/mol. The van der Waals surface area contributed by atoms with Gasteiger partial charge in [0.2, 0.25) is 15.9 Å². The summed E-state index contributed by atoms with van der Waals surface area (Å²) < 4.78 is 33.9. The highest BCUT2D eigenvalue weighted by Crippen LogP contribution is 2.35. The second kappa shape index (κ2) is 8.73. The van der Waals surface area contributed by atoms with Gasteiger partial charge < -0.3 is 9.32 Å². The number of benzene rings is 1. The summed E-state index contributed by atoms with van der Waals surface area (Å²) in [6.45, 7) is 3.97. The van der Waals surface area contributed by atoms with E-state index in [1.54, 1.807) is 17.4 Å². The van der Waals surface area contributed by atoms with Crippen molar-refractivity contribution >= 4 is 38.4 Å². The highest BCUT2D eigenvalue weighted by atomic mass is 32.2. The number of hydrogen-bond acceptors (Lipinski definition) is 6. The predicted molar refractivity (Wildman–Crippen MR) is 126 cm³/mol. The summed E-state index contributed by atoms with van der Waals surface area (Å²) in [5.74, 6) is -0.576. The van der Waals surface area contributed by atoms with Crippen LogP contribution in [0.2, 0.25) is 0 Å². The molecule has 1 unspecified atom stereocenters. The molecule has 0 bridgehead atoms. The van der Waals surface area contributed by atoms with Crippen LogP contribution in [0.1, 0.15) is 49.1 Å². The molecule has 33 heavy (non-hydrogen) atoms. The maximum atomic E-state index is 13.1. The minimum absolute atomic E-state index is 0.00758. The minimum atomic E-state index is -3.60. The van der Waals surface area contributed by atoms with Gasteiger partial charge in [-0.05, 0) is 54.8 Å². The van der Waals surface area contributed by atoms with E-state index in [1.807, 2.05) is 4.90 Å². The molecule has 1 aromatic carbocycles. The summed E-state index contributed by atoms with van der Waals surface area (Å²) in [6.07, 6.45) is 3.59. The Balaban J connectivity index is 1.35. The van der Waals surface area contributed by atoms with E-state index in [4.69, 9.17) is 4.42 Å². The molecular weight excluding hydrogens is 462 g/mol.